The number of amides is 1. The lowest BCUT2D eigenvalue weighted by Crippen LogP contribution is -2.35. The highest BCUT2D eigenvalue weighted by atomic mass is 16.5. The maximum atomic E-state index is 11.5. The Morgan fingerprint density at radius 1 is 1.32 bits per heavy atom. The van der Waals surface area contributed by atoms with Crippen LogP contribution in [0.1, 0.15) is 25.8 Å². The summed E-state index contributed by atoms with van der Waals surface area (Å²) in [5.41, 5.74) is 1.17. The molecule has 106 valence electrons. The highest BCUT2D eigenvalue weighted by Crippen LogP contribution is 2.11. The number of ether oxygens (including phenoxy) is 1. The van der Waals surface area contributed by atoms with Crippen LogP contribution in [0.3, 0.4) is 0 Å². The molecule has 0 heterocycles. The van der Waals surface area contributed by atoms with E-state index in [9.17, 15) is 9.90 Å². The average molecular weight is 265 g/mol. The number of aryl methyl sites for hydroxylation is 1. The number of aliphatic hydroxyl groups excluding tert-OH is 1. The van der Waals surface area contributed by atoms with Crippen LogP contribution < -0.4 is 10.1 Å². The Hall–Kier alpha value is -1.55. The van der Waals surface area contributed by atoms with Gasteiger partial charge in [0.25, 0.3) is 0 Å². The van der Waals surface area contributed by atoms with Crippen LogP contribution in [-0.4, -0.2) is 30.3 Å². The van der Waals surface area contributed by atoms with Crippen LogP contribution in [0.25, 0.3) is 0 Å². The molecule has 4 nitrogen and oxygen atoms in total. The van der Waals surface area contributed by atoms with Crippen molar-refractivity contribution in [3.63, 3.8) is 0 Å². The van der Waals surface area contributed by atoms with Crippen molar-refractivity contribution in [3.05, 3.63) is 29.8 Å². The van der Waals surface area contributed by atoms with Crippen LogP contribution in [0.5, 0.6) is 5.75 Å². The van der Waals surface area contributed by atoms with Gasteiger partial charge in [0.05, 0.1) is 19.1 Å². The molecule has 0 spiro atoms. The number of hydrogen-bond acceptors (Lipinski definition) is 3. The van der Waals surface area contributed by atoms with Gasteiger partial charge in [-0.25, -0.2) is 0 Å². The minimum absolute atomic E-state index is 0.105. The summed E-state index contributed by atoms with van der Waals surface area (Å²) in [6, 6.07) is 7.70. The monoisotopic (exact) mass is 265 g/mol. The predicted molar refractivity (Wildman–Crippen MR) is 75.1 cm³/mol. The smallest absolute Gasteiger partial charge is 0.223 e. The fourth-order valence-electron chi connectivity index (χ4n) is 1.44. The lowest BCUT2D eigenvalue weighted by Gasteiger charge is -2.15. The quantitative estimate of drug-likeness (QED) is 0.791. The Morgan fingerprint density at radius 3 is 2.53 bits per heavy atom. The summed E-state index contributed by atoms with van der Waals surface area (Å²) in [5.74, 6) is 0.802. The summed E-state index contributed by atoms with van der Waals surface area (Å²) >= 11 is 0. The molecule has 1 aromatic carbocycles. The number of benzene rings is 1. The Morgan fingerprint density at radius 2 is 1.95 bits per heavy atom. The molecule has 0 aliphatic carbocycles. The van der Waals surface area contributed by atoms with Gasteiger partial charge in [0, 0.05) is 6.54 Å². The molecule has 1 rings (SSSR count). The minimum atomic E-state index is -0.498. The van der Waals surface area contributed by atoms with E-state index in [1.54, 1.807) is 0 Å². The molecule has 1 unspecified atom stereocenters. The summed E-state index contributed by atoms with van der Waals surface area (Å²) in [4.78, 5) is 11.5. The second-order valence-electron chi connectivity index (χ2n) is 5.03. The first-order valence-corrected chi connectivity index (χ1v) is 6.63. The van der Waals surface area contributed by atoms with E-state index in [1.165, 1.54) is 5.56 Å². The van der Waals surface area contributed by atoms with Gasteiger partial charge in [-0.3, -0.25) is 4.79 Å². The van der Waals surface area contributed by atoms with E-state index in [2.05, 4.69) is 5.32 Å². The second-order valence-corrected chi connectivity index (χ2v) is 5.03. The lowest BCUT2D eigenvalue weighted by molar-refractivity contribution is -0.122. The van der Waals surface area contributed by atoms with Crippen molar-refractivity contribution in [2.24, 2.45) is 5.92 Å². The molecule has 0 bridgehead atoms. The van der Waals surface area contributed by atoms with Crippen molar-refractivity contribution in [1.82, 2.24) is 5.32 Å². The molecule has 0 saturated heterocycles. The van der Waals surface area contributed by atoms with E-state index in [-0.39, 0.29) is 11.8 Å². The number of aliphatic hydroxyl groups is 1. The topological polar surface area (TPSA) is 58.6 Å². The minimum Gasteiger partial charge on any atom is -0.493 e. The first-order chi connectivity index (χ1) is 8.99. The summed E-state index contributed by atoms with van der Waals surface area (Å²) in [5, 5.41) is 12.2. The summed E-state index contributed by atoms with van der Waals surface area (Å²) < 4.78 is 5.46. The molecule has 0 fully saturated rings. The largest absolute Gasteiger partial charge is 0.493 e. The van der Waals surface area contributed by atoms with Crippen molar-refractivity contribution in [2.75, 3.05) is 13.2 Å². The number of hydrogen-bond donors (Lipinski definition) is 2. The zero-order chi connectivity index (χ0) is 14.3. The third-order valence-corrected chi connectivity index (χ3v) is 2.90. The number of carbonyl (C=O) groups excluding carboxylic acids is 1. The molecule has 4 heteroatoms. The van der Waals surface area contributed by atoms with Crippen LogP contribution >= 0.6 is 0 Å². The van der Waals surface area contributed by atoms with Crippen LogP contribution in [0.4, 0.5) is 0 Å². The van der Waals surface area contributed by atoms with Crippen LogP contribution in [-0.2, 0) is 4.79 Å². The maximum Gasteiger partial charge on any atom is 0.223 e. The van der Waals surface area contributed by atoms with Crippen molar-refractivity contribution in [2.45, 2.75) is 33.3 Å². The van der Waals surface area contributed by atoms with Gasteiger partial charge in [0.2, 0.25) is 5.91 Å². The van der Waals surface area contributed by atoms with Crippen molar-refractivity contribution < 1.29 is 14.6 Å². The molecular weight excluding hydrogens is 242 g/mol. The van der Waals surface area contributed by atoms with E-state index in [0.29, 0.717) is 19.6 Å². The highest BCUT2D eigenvalue weighted by molar-refractivity contribution is 5.76. The van der Waals surface area contributed by atoms with E-state index in [4.69, 9.17) is 4.74 Å². The van der Waals surface area contributed by atoms with Gasteiger partial charge in [-0.15, -0.1) is 0 Å². The van der Waals surface area contributed by atoms with Crippen molar-refractivity contribution >= 4 is 5.91 Å². The van der Waals surface area contributed by atoms with Crippen LogP contribution in [0.15, 0.2) is 24.3 Å². The Kier molecular flexibility index (Phi) is 6.36. The third kappa shape index (κ3) is 6.25. The maximum absolute atomic E-state index is 11.5. The fraction of sp³-hybridized carbons (Fsp3) is 0.533. The molecule has 19 heavy (non-hydrogen) atoms. The van der Waals surface area contributed by atoms with Crippen LogP contribution in [0, 0.1) is 12.8 Å². The number of nitrogens with one attached hydrogen (secondary N) is 1. The van der Waals surface area contributed by atoms with E-state index >= 15 is 0 Å². The molecule has 2 N–H and O–H groups in total. The Balaban J connectivity index is 2.18. The van der Waals surface area contributed by atoms with Gasteiger partial charge in [0.1, 0.15) is 5.75 Å². The number of rotatable bonds is 7. The van der Waals surface area contributed by atoms with Gasteiger partial charge in [0.15, 0.2) is 0 Å². The number of carbonyl (C=O) groups is 1. The van der Waals surface area contributed by atoms with Gasteiger partial charge in [-0.2, -0.15) is 0 Å². The molecule has 1 atom stereocenters. The molecular formula is C15H23NO3. The lowest BCUT2D eigenvalue weighted by atomic mass is 10.1. The first-order valence-electron chi connectivity index (χ1n) is 6.63. The summed E-state index contributed by atoms with van der Waals surface area (Å²) in [7, 11) is 0. The Bertz CT molecular complexity index is 387. The van der Waals surface area contributed by atoms with E-state index < -0.39 is 6.10 Å². The highest BCUT2D eigenvalue weighted by Gasteiger charge is 2.10. The van der Waals surface area contributed by atoms with Gasteiger partial charge < -0.3 is 15.2 Å². The molecule has 0 radical (unpaired) electrons. The van der Waals surface area contributed by atoms with Gasteiger partial charge in [-0.05, 0) is 25.0 Å². The second kappa shape index (κ2) is 7.79. The third-order valence-electron chi connectivity index (χ3n) is 2.90. The predicted octanol–water partition coefficient (Wildman–Crippen LogP) is 1.90. The molecule has 0 saturated carbocycles. The zero-order valence-electron chi connectivity index (χ0n) is 11.8. The molecule has 0 aliphatic heterocycles. The van der Waals surface area contributed by atoms with Gasteiger partial charge >= 0.3 is 0 Å². The average Bonchev–Trinajstić information content (AvgIpc) is 2.38. The molecule has 0 aromatic heterocycles. The molecule has 1 aromatic rings. The SMILES string of the molecule is Cc1ccc(OCCC(=O)NCC(O)C(C)C)cc1. The van der Waals surface area contributed by atoms with E-state index in [1.807, 2.05) is 45.0 Å². The molecule has 0 aliphatic rings. The summed E-state index contributed by atoms with van der Waals surface area (Å²) in [6.07, 6.45) is -0.208. The Labute approximate surface area is 114 Å². The van der Waals surface area contributed by atoms with Gasteiger partial charge in [-0.1, -0.05) is 31.5 Å². The first kappa shape index (κ1) is 15.5. The van der Waals surface area contributed by atoms with Crippen molar-refractivity contribution in [3.8, 4) is 5.75 Å². The fourth-order valence-corrected chi connectivity index (χ4v) is 1.44. The van der Waals surface area contributed by atoms with Crippen molar-refractivity contribution in [1.29, 1.82) is 0 Å². The van der Waals surface area contributed by atoms with Crippen LogP contribution in [0.2, 0.25) is 0 Å². The van der Waals surface area contributed by atoms with E-state index in [0.717, 1.165) is 5.75 Å². The standard InChI is InChI=1S/C15H23NO3/c1-11(2)14(17)10-16-15(18)8-9-19-13-6-4-12(3)5-7-13/h4-7,11,14,17H,8-10H2,1-3H3,(H,16,18). The summed E-state index contributed by atoms with van der Waals surface area (Å²) in [6.45, 7) is 6.47. The molecule has 1 amide bonds. The normalized spacial score (nSPS) is 12.3. The zero-order valence-corrected chi connectivity index (χ0v) is 11.8.